The molecule has 0 radical (unpaired) electrons. The van der Waals surface area contributed by atoms with Gasteiger partial charge in [-0.15, -0.1) is 4.40 Å². The molecule has 6 rings (SSSR count). The first-order valence-electron chi connectivity index (χ1n) is 12.7. The average molecular weight is 575 g/mol. The molecule has 3 fully saturated rings. The molecule has 0 aromatic heterocycles. The smallest absolute Gasteiger partial charge is 0.286 e. The van der Waals surface area contributed by atoms with E-state index in [4.69, 9.17) is 0 Å². The van der Waals surface area contributed by atoms with Crippen molar-refractivity contribution in [3.8, 4) is 0 Å². The number of sulfonamides is 2. The molecule has 2 saturated carbocycles. The number of hydrogen-bond acceptors (Lipinski definition) is 7. The molecule has 39 heavy (non-hydrogen) atoms. The fraction of sp³-hybridized carbons (Fsp3) is 0.423. The molecule has 4 aliphatic rings. The molecule has 1 amide bonds. The van der Waals surface area contributed by atoms with E-state index in [1.165, 1.54) is 18.2 Å². The number of likely N-dealkylation sites (tertiary alicyclic amines) is 1. The molecule has 2 heterocycles. The van der Waals surface area contributed by atoms with Gasteiger partial charge < -0.3 is 10.2 Å². The SMILES string of the molecule is Cc1ccc(CN2C(=O)C(C3=NS(=O)(=O)c4cc(NS(C)(=O)=O)ccc4N3)C(=O)C3C2[C@@H]2CC[C@H]3C2)cc1F. The number of piperidine rings is 1. The molecule has 206 valence electrons. The van der Waals surface area contributed by atoms with Crippen molar-refractivity contribution >= 4 is 48.9 Å². The van der Waals surface area contributed by atoms with Gasteiger partial charge in [0.25, 0.3) is 10.0 Å². The van der Waals surface area contributed by atoms with Crippen molar-refractivity contribution in [2.45, 2.75) is 43.7 Å². The summed E-state index contributed by atoms with van der Waals surface area (Å²) in [4.78, 5) is 29.1. The summed E-state index contributed by atoms with van der Waals surface area (Å²) >= 11 is 0. The second-order valence-corrected chi connectivity index (χ2v) is 14.2. The van der Waals surface area contributed by atoms with E-state index >= 15 is 0 Å². The van der Waals surface area contributed by atoms with E-state index < -0.39 is 37.8 Å². The lowest BCUT2D eigenvalue weighted by Crippen LogP contribution is -2.61. The number of Topliss-reactive ketones (excluding diaryl/α,β-unsaturated/α-hetero) is 1. The molecule has 5 atom stereocenters. The number of benzene rings is 2. The van der Waals surface area contributed by atoms with Crippen LogP contribution in [-0.2, 0) is 36.2 Å². The minimum Gasteiger partial charge on any atom is -0.341 e. The number of carbonyl (C=O) groups excluding carboxylic acids is 2. The van der Waals surface area contributed by atoms with Gasteiger partial charge in [-0.05, 0) is 73.4 Å². The molecule has 13 heteroatoms. The largest absolute Gasteiger partial charge is 0.341 e. The van der Waals surface area contributed by atoms with E-state index in [0.29, 0.717) is 11.1 Å². The first kappa shape index (κ1) is 25.9. The Balaban J connectivity index is 1.38. The van der Waals surface area contributed by atoms with E-state index in [1.54, 1.807) is 24.0 Å². The van der Waals surface area contributed by atoms with Crippen molar-refractivity contribution in [2.24, 2.45) is 28.1 Å². The van der Waals surface area contributed by atoms with Gasteiger partial charge in [0.05, 0.1) is 11.9 Å². The standard InChI is InChI=1S/C26H27FN4O6S2/c1-13-3-4-14(9-18(13)27)12-31-23-16-6-5-15(10-16)21(23)24(32)22(26(31)33)25-28-19-8-7-17(29-38(2,34)35)11-20(19)39(36,37)30-25/h3-4,7-9,11,15-16,21-23,29H,5-6,10,12H2,1-2H3,(H,28,30)/t15-,16+,21?,22?,23?/m0/s1. The van der Waals surface area contributed by atoms with Crippen LogP contribution in [0.5, 0.6) is 0 Å². The summed E-state index contributed by atoms with van der Waals surface area (Å²) in [6, 6.07) is 8.33. The van der Waals surface area contributed by atoms with Crippen LogP contribution in [0.4, 0.5) is 15.8 Å². The van der Waals surface area contributed by atoms with Crippen molar-refractivity contribution in [3.05, 3.63) is 53.3 Å². The van der Waals surface area contributed by atoms with Gasteiger partial charge in [0.15, 0.2) is 11.7 Å². The van der Waals surface area contributed by atoms with Gasteiger partial charge in [0.2, 0.25) is 15.9 Å². The number of nitrogens with one attached hydrogen (secondary N) is 2. The summed E-state index contributed by atoms with van der Waals surface area (Å²) in [6.45, 7) is 1.75. The summed E-state index contributed by atoms with van der Waals surface area (Å²) < 4.78 is 69.9. The van der Waals surface area contributed by atoms with Crippen LogP contribution >= 0.6 is 0 Å². The van der Waals surface area contributed by atoms with Crippen LogP contribution < -0.4 is 10.0 Å². The van der Waals surface area contributed by atoms with Crippen LogP contribution in [0.1, 0.15) is 30.4 Å². The number of carbonyl (C=O) groups is 2. The minimum absolute atomic E-state index is 0.0337. The fourth-order valence-corrected chi connectivity index (χ4v) is 8.42. The zero-order chi connectivity index (χ0) is 27.9. The van der Waals surface area contributed by atoms with E-state index in [0.717, 1.165) is 31.6 Å². The lowest BCUT2D eigenvalue weighted by Gasteiger charge is -2.45. The van der Waals surface area contributed by atoms with Crippen LogP contribution in [0.25, 0.3) is 0 Å². The summed E-state index contributed by atoms with van der Waals surface area (Å²) in [5, 5.41) is 2.86. The number of amides is 1. The Morgan fingerprint density at radius 1 is 1.13 bits per heavy atom. The van der Waals surface area contributed by atoms with E-state index in [1.807, 2.05) is 0 Å². The van der Waals surface area contributed by atoms with Crippen LogP contribution in [-0.4, -0.2) is 51.6 Å². The molecule has 3 unspecified atom stereocenters. The lowest BCUT2D eigenvalue weighted by molar-refractivity contribution is -0.153. The zero-order valence-electron chi connectivity index (χ0n) is 21.2. The topological polar surface area (TPSA) is 142 Å². The predicted octanol–water partition coefficient (Wildman–Crippen LogP) is 2.66. The van der Waals surface area contributed by atoms with Gasteiger partial charge in [-0.1, -0.05) is 12.1 Å². The number of aryl methyl sites for hydroxylation is 1. The first-order valence-corrected chi connectivity index (χ1v) is 16.0. The van der Waals surface area contributed by atoms with Crippen molar-refractivity contribution in [3.63, 3.8) is 0 Å². The molecule has 2 bridgehead atoms. The van der Waals surface area contributed by atoms with Crippen LogP contribution in [0, 0.1) is 36.4 Å². The quantitative estimate of drug-likeness (QED) is 0.523. The van der Waals surface area contributed by atoms with Gasteiger partial charge in [-0.3, -0.25) is 14.3 Å². The molecular weight excluding hydrogens is 547 g/mol. The first-order chi connectivity index (χ1) is 18.3. The Morgan fingerprint density at radius 2 is 1.87 bits per heavy atom. The maximum absolute atomic E-state index is 14.3. The lowest BCUT2D eigenvalue weighted by atomic mass is 9.73. The Hall–Kier alpha value is -3.32. The molecule has 10 nitrogen and oxygen atoms in total. The number of rotatable bonds is 5. The number of anilines is 2. The molecule has 1 saturated heterocycles. The third-order valence-corrected chi connectivity index (χ3v) is 10.2. The number of fused-ring (bicyclic) bond motifs is 6. The highest BCUT2D eigenvalue weighted by atomic mass is 32.2. The van der Waals surface area contributed by atoms with E-state index in [-0.39, 0.29) is 58.1 Å². The number of nitrogens with zero attached hydrogens (tertiary/aromatic N) is 2. The van der Waals surface area contributed by atoms with Crippen molar-refractivity contribution < 1.29 is 30.8 Å². The molecule has 2 aliphatic carbocycles. The maximum atomic E-state index is 14.3. The predicted molar refractivity (Wildman–Crippen MR) is 141 cm³/mol. The number of halogens is 1. The molecule has 2 aliphatic heterocycles. The Kier molecular flexibility index (Phi) is 5.88. The van der Waals surface area contributed by atoms with Crippen LogP contribution in [0.3, 0.4) is 0 Å². The van der Waals surface area contributed by atoms with Gasteiger partial charge in [-0.2, -0.15) is 8.42 Å². The summed E-state index contributed by atoms with van der Waals surface area (Å²) in [7, 11) is -8.02. The highest BCUT2D eigenvalue weighted by Crippen LogP contribution is 2.54. The van der Waals surface area contributed by atoms with E-state index in [2.05, 4.69) is 14.4 Å². The normalized spacial score (nSPS) is 28.9. The highest BCUT2D eigenvalue weighted by molar-refractivity contribution is 7.92. The average Bonchev–Trinajstić information content (AvgIpc) is 3.46. The zero-order valence-corrected chi connectivity index (χ0v) is 22.9. The van der Waals surface area contributed by atoms with Crippen molar-refractivity contribution in [1.82, 2.24) is 4.90 Å². The Bertz CT molecular complexity index is 1670. The van der Waals surface area contributed by atoms with Gasteiger partial charge in [0, 0.05) is 24.2 Å². The molecule has 2 aromatic rings. The molecule has 2 N–H and O–H groups in total. The number of hydrogen-bond donors (Lipinski definition) is 2. The van der Waals surface area contributed by atoms with Crippen molar-refractivity contribution in [2.75, 3.05) is 16.3 Å². The monoisotopic (exact) mass is 574 g/mol. The Morgan fingerprint density at radius 3 is 2.59 bits per heavy atom. The molecule has 2 aromatic carbocycles. The fourth-order valence-electron chi connectivity index (χ4n) is 6.68. The summed E-state index contributed by atoms with van der Waals surface area (Å²) in [6.07, 6.45) is 3.52. The van der Waals surface area contributed by atoms with E-state index in [9.17, 15) is 30.8 Å². The van der Waals surface area contributed by atoms with Crippen LogP contribution in [0.2, 0.25) is 0 Å². The van der Waals surface area contributed by atoms with Crippen molar-refractivity contribution in [1.29, 1.82) is 0 Å². The van der Waals surface area contributed by atoms with Gasteiger partial charge in [-0.25, -0.2) is 12.8 Å². The number of ketones is 1. The third kappa shape index (κ3) is 4.41. The second-order valence-electron chi connectivity index (χ2n) is 10.9. The Labute approximate surface area is 225 Å². The molecule has 0 spiro atoms. The maximum Gasteiger partial charge on any atom is 0.286 e. The highest BCUT2D eigenvalue weighted by Gasteiger charge is 2.60. The van der Waals surface area contributed by atoms with Gasteiger partial charge in [0.1, 0.15) is 16.5 Å². The summed E-state index contributed by atoms with van der Waals surface area (Å²) in [5.41, 5.74) is 1.19. The third-order valence-electron chi connectivity index (χ3n) is 8.28. The molecular formula is C26H27FN4O6S2. The van der Waals surface area contributed by atoms with Crippen LogP contribution in [0.15, 0.2) is 45.7 Å². The van der Waals surface area contributed by atoms with Gasteiger partial charge >= 0.3 is 0 Å². The minimum atomic E-state index is -4.37. The second kappa shape index (κ2) is 8.85. The summed E-state index contributed by atoms with van der Waals surface area (Å²) in [5.74, 6) is -3.20. The number of amidine groups is 1.